The third kappa shape index (κ3) is 2.37. The van der Waals surface area contributed by atoms with Crippen molar-refractivity contribution in [2.45, 2.75) is 26.1 Å². The van der Waals surface area contributed by atoms with E-state index in [-0.39, 0.29) is 11.9 Å². The minimum absolute atomic E-state index is 0.113. The topological polar surface area (TPSA) is 46.6 Å². The highest BCUT2D eigenvalue weighted by atomic mass is 16.6. The molecule has 0 spiro atoms. The molecule has 2 aromatic carbocycles. The highest BCUT2D eigenvalue weighted by Gasteiger charge is 2.41. The zero-order valence-corrected chi connectivity index (χ0v) is 12.5. The van der Waals surface area contributed by atoms with Gasteiger partial charge in [-0.2, -0.15) is 0 Å². The number of esters is 1. The van der Waals surface area contributed by atoms with Crippen LogP contribution in [0.5, 0.6) is 0 Å². The lowest BCUT2D eigenvalue weighted by Gasteiger charge is -2.30. The minimum Gasteiger partial charge on any atom is -0.437 e. The van der Waals surface area contributed by atoms with Crippen molar-refractivity contribution >= 4 is 11.9 Å². The van der Waals surface area contributed by atoms with Gasteiger partial charge in [0.05, 0.1) is 6.04 Å². The first-order valence-corrected chi connectivity index (χ1v) is 7.23. The summed E-state index contributed by atoms with van der Waals surface area (Å²) in [6.07, 6.45) is -0.670. The summed E-state index contributed by atoms with van der Waals surface area (Å²) < 4.78 is 5.43. The van der Waals surface area contributed by atoms with Gasteiger partial charge in [0.25, 0.3) is 5.91 Å². The van der Waals surface area contributed by atoms with E-state index < -0.39 is 12.2 Å². The Morgan fingerprint density at radius 1 is 1.09 bits per heavy atom. The number of hydrogen-bond acceptors (Lipinski definition) is 3. The first kappa shape index (κ1) is 14.3. The van der Waals surface area contributed by atoms with Gasteiger partial charge >= 0.3 is 5.97 Å². The van der Waals surface area contributed by atoms with Gasteiger partial charge in [-0.05, 0) is 18.6 Å². The first-order valence-electron chi connectivity index (χ1n) is 7.23. The van der Waals surface area contributed by atoms with Crippen LogP contribution in [0, 0.1) is 0 Å². The highest BCUT2D eigenvalue weighted by molar-refractivity contribution is 5.99. The van der Waals surface area contributed by atoms with E-state index in [1.807, 2.05) is 55.5 Å². The molecule has 4 heteroatoms. The van der Waals surface area contributed by atoms with Crippen LogP contribution in [0.2, 0.25) is 0 Å². The van der Waals surface area contributed by atoms with E-state index in [1.165, 1.54) is 6.92 Å². The van der Waals surface area contributed by atoms with Crippen molar-refractivity contribution in [2.24, 2.45) is 0 Å². The fourth-order valence-electron chi connectivity index (χ4n) is 2.85. The Labute approximate surface area is 129 Å². The van der Waals surface area contributed by atoms with Crippen molar-refractivity contribution in [3.05, 3.63) is 71.3 Å². The molecule has 2 aromatic rings. The van der Waals surface area contributed by atoms with Gasteiger partial charge in [0, 0.05) is 18.1 Å². The zero-order chi connectivity index (χ0) is 15.7. The summed E-state index contributed by atoms with van der Waals surface area (Å²) in [6.45, 7) is 3.30. The Kier molecular flexibility index (Phi) is 3.67. The van der Waals surface area contributed by atoms with E-state index in [1.54, 1.807) is 11.0 Å². The molecule has 0 aliphatic carbocycles. The van der Waals surface area contributed by atoms with Crippen LogP contribution < -0.4 is 0 Å². The van der Waals surface area contributed by atoms with Gasteiger partial charge in [-0.15, -0.1) is 0 Å². The normalized spacial score (nSPS) is 18.0. The summed E-state index contributed by atoms with van der Waals surface area (Å²) >= 11 is 0. The smallest absolute Gasteiger partial charge is 0.304 e. The Morgan fingerprint density at radius 2 is 1.73 bits per heavy atom. The third-order valence-corrected chi connectivity index (χ3v) is 3.92. The zero-order valence-electron chi connectivity index (χ0n) is 12.5. The van der Waals surface area contributed by atoms with E-state index in [0.29, 0.717) is 5.56 Å². The molecule has 0 saturated carbocycles. The first-order chi connectivity index (χ1) is 10.6. The molecule has 0 fully saturated rings. The Morgan fingerprint density at radius 3 is 2.41 bits per heavy atom. The largest absolute Gasteiger partial charge is 0.437 e. The average Bonchev–Trinajstić information content (AvgIpc) is 2.80. The second-order valence-corrected chi connectivity index (χ2v) is 5.35. The van der Waals surface area contributed by atoms with Crippen LogP contribution in [-0.2, 0) is 9.53 Å². The number of fused-ring (bicyclic) bond motifs is 1. The molecule has 0 bridgehead atoms. The second kappa shape index (κ2) is 5.64. The number of rotatable bonds is 3. The Bertz CT molecular complexity index is 711. The SMILES string of the molecule is CC(=O)OC1c2ccccc2C(=O)N1[C@@H](C)c1ccccc1. The van der Waals surface area contributed by atoms with E-state index in [0.717, 1.165) is 11.1 Å². The van der Waals surface area contributed by atoms with Crippen LogP contribution in [-0.4, -0.2) is 16.8 Å². The lowest BCUT2D eigenvalue weighted by atomic mass is 10.1. The molecule has 4 nitrogen and oxygen atoms in total. The Balaban J connectivity index is 2.02. The molecule has 0 N–H and O–H groups in total. The number of amides is 1. The van der Waals surface area contributed by atoms with Gasteiger partial charge in [0.1, 0.15) is 0 Å². The molecule has 1 unspecified atom stereocenters. The van der Waals surface area contributed by atoms with Crippen molar-refractivity contribution in [1.82, 2.24) is 4.90 Å². The monoisotopic (exact) mass is 295 g/mol. The summed E-state index contributed by atoms with van der Waals surface area (Å²) in [5, 5.41) is 0. The lowest BCUT2D eigenvalue weighted by Crippen LogP contribution is -2.33. The molecule has 112 valence electrons. The fraction of sp³-hybridized carbons (Fsp3) is 0.222. The number of carbonyl (C=O) groups is 2. The molecule has 3 rings (SSSR count). The molecule has 1 heterocycles. The summed E-state index contributed by atoms with van der Waals surface area (Å²) in [5.74, 6) is -0.516. The van der Waals surface area contributed by atoms with Crippen molar-refractivity contribution in [2.75, 3.05) is 0 Å². The quantitative estimate of drug-likeness (QED) is 0.815. The van der Waals surface area contributed by atoms with Crippen LogP contribution in [0.15, 0.2) is 54.6 Å². The van der Waals surface area contributed by atoms with Gasteiger partial charge in [0.2, 0.25) is 6.23 Å². The van der Waals surface area contributed by atoms with Gasteiger partial charge in [-0.3, -0.25) is 14.5 Å². The summed E-state index contributed by atoms with van der Waals surface area (Å²) in [6, 6.07) is 16.8. The molecule has 1 aliphatic heterocycles. The van der Waals surface area contributed by atoms with Crippen molar-refractivity contribution < 1.29 is 14.3 Å². The number of nitrogens with zero attached hydrogens (tertiary/aromatic N) is 1. The molecule has 0 radical (unpaired) electrons. The van der Waals surface area contributed by atoms with Crippen LogP contribution in [0.1, 0.15) is 47.6 Å². The van der Waals surface area contributed by atoms with E-state index in [9.17, 15) is 9.59 Å². The predicted octanol–water partition coefficient (Wildman–Crippen LogP) is 3.47. The lowest BCUT2D eigenvalue weighted by molar-refractivity contribution is -0.155. The molecule has 1 aliphatic rings. The van der Waals surface area contributed by atoms with E-state index in [2.05, 4.69) is 0 Å². The molecule has 0 saturated heterocycles. The van der Waals surface area contributed by atoms with Crippen molar-refractivity contribution in [3.63, 3.8) is 0 Å². The van der Waals surface area contributed by atoms with Crippen LogP contribution in [0.25, 0.3) is 0 Å². The molecular formula is C18H17NO3. The maximum absolute atomic E-state index is 12.7. The Hall–Kier alpha value is -2.62. The average molecular weight is 295 g/mol. The van der Waals surface area contributed by atoms with Crippen LogP contribution in [0.3, 0.4) is 0 Å². The number of ether oxygens (including phenoxy) is 1. The van der Waals surface area contributed by atoms with Crippen LogP contribution in [0.4, 0.5) is 0 Å². The number of hydrogen-bond donors (Lipinski definition) is 0. The van der Waals surface area contributed by atoms with Gasteiger partial charge < -0.3 is 4.74 Å². The molecule has 0 aromatic heterocycles. The van der Waals surface area contributed by atoms with Gasteiger partial charge in [-0.1, -0.05) is 48.5 Å². The maximum Gasteiger partial charge on any atom is 0.304 e. The second-order valence-electron chi connectivity index (χ2n) is 5.35. The minimum atomic E-state index is -0.670. The van der Waals surface area contributed by atoms with Crippen LogP contribution >= 0.6 is 0 Å². The fourth-order valence-corrected chi connectivity index (χ4v) is 2.85. The van der Waals surface area contributed by atoms with Crippen molar-refractivity contribution in [3.8, 4) is 0 Å². The number of benzene rings is 2. The molecule has 1 amide bonds. The number of carbonyl (C=O) groups excluding carboxylic acids is 2. The third-order valence-electron chi connectivity index (χ3n) is 3.92. The standard InChI is InChI=1S/C18H17NO3/c1-12(14-8-4-3-5-9-14)19-17(21)15-10-6-7-11-16(15)18(19)22-13(2)20/h3-12,18H,1-2H3/t12-,18?/m0/s1. The van der Waals surface area contributed by atoms with Crippen molar-refractivity contribution in [1.29, 1.82) is 0 Å². The van der Waals surface area contributed by atoms with E-state index in [4.69, 9.17) is 4.74 Å². The summed E-state index contributed by atoms with van der Waals surface area (Å²) in [7, 11) is 0. The van der Waals surface area contributed by atoms with E-state index >= 15 is 0 Å². The molecular weight excluding hydrogens is 278 g/mol. The van der Waals surface area contributed by atoms with Gasteiger partial charge in [0.15, 0.2) is 0 Å². The predicted molar refractivity (Wildman–Crippen MR) is 82.0 cm³/mol. The highest BCUT2D eigenvalue weighted by Crippen LogP contribution is 2.40. The van der Waals surface area contributed by atoms with Gasteiger partial charge in [-0.25, -0.2) is 0 Å². The molecule has 22 heavy (non-hydrogen) atoms. The molecule has 2 atom stereocenters. The summed E-state index contributed by atoms with van der Waals surface area (Å²) in [5.41, 5.74) is 2.34. The summed E-state index contributed by atoms with van der Waals surface area (Å²) in [4.78, 5) is 25.8. The maximum atomic E-state index is 12.7.